The minimum Gasteiger partial charge on any atom is -0.464 e. The summed E-state index contributed by atoms with van der Waals surface area (Å²) < 4.78 is 33.2. The molecule has 2 rings (SSSR count). The number of benzene rings is 1. The zero-order chi connectivity index (χ0) is 12.0. The summed E-state index contributed by atoms with van der Waals surface area (Å²) in [5.74, 6) is -3.13. The molecule has 0 amide bonds. The Morgan fingerprint density at radius 3 is 2.44 bits per heavy atom. The average molecular weight is 225 g/mol. The first kappa shape index (κ1) is 11.1. The molecule has 0 spiro atoms. The third kappa shape index (κ3) is 1.50. The van der Waals surface area contributed by atoms with Crippen molar-refractivity contribution in [2.45, 2.75) is 25.3 Å². The van der Waals surface area contributed by atoms with Gasteiger partial charge in [-0.2, -0.15) is 8.78 Å². The van der Waals surface area contributed by atoms with Crippen LogP contribution in [0.1, 0.15) is 19.4 Å². The fourth-order valence-corrected chi connectivity index (χ4v) is 1.57. The van der Waals surface area contributed by atoms with Crippen LogP contribution in [0.15, 0.2) is 34.9 Å². The van der Waals surface area contributed by atoms with E-state index in [1.54, 1.807) is 24.3 Å². The minimum atomic E-state index is -3.13. The topological polar surface area (TPSA) is 39.2 Å². The van der Waals surface area contributed by atoms with Gasteiger partial charge in [-0.1, -0.05) is 18.2 Å². The van der Waals surface area contributed by atoms with Gasteiger partial charge in [0.15, 0.2) is 0 Å². The number of fused-ring (bicyclic) bond motifs is 1. The van der Waals surface area contributed by atoms with Crippen LogP contribution in [0.2, 0.25) is 0 Å². The zero-order valence-electron chi connectivity index (χ0n) is 9.13. The number of furan rings is 1. The summed E-state index contributed by atoms with van der Waals surface area (Å²) in [6.45, 7) is 2.60. The highest BCUT2D eigenvalue weighted by Gasteiger charge is 2.47. The predicted octanol–water partition coefficient (Wildman–Crippen LogP) is 3.26. The van der Waals surface area contributed by atoms with Crippen molar-refractivity contribution < 1.29 is 13.2 Å². The molecule has 86 valence electrons. The predicted molar refractivity (Wildman–Crippen MR) is 58.4 cm³/mol. The van der Waals surface area contributed by atoms with Crippen LogP contribution in [-0.2, 0) is 5.92 Å². The molecule has 0 radical (unpaired) electrons. The quantitative estimate of drug-likeness (QED) is 0.852. The Morgan fingerprint density at radius 1 is 1.19 bits per heavy atom. The van der Waals surface area contributed by atoms with Gasteiger partial charge in [-0.25, -0.2) is 0 Å². The monoisotopic (exact) mass is 225 g/mol. The van der Waals surface area contributed by atoms with E-state index >= 15 is 0 Å². The molecular weight excluding hydrogens is 212 g/mol. The van der Waals surface area contributed by atoms with E-state index in [-0.39, 0.29) is 5.56 Å². The van der Waals surface area contributed by atoms with E-state index in [4.69, 9.17) is 10.2 Å². The Bertz CT molecular complexity index is 511. The van der Waals surface area contributed by atoms with Gasteiger partial charge >= 0.3 is 0 Å². The third-order valence-electron chi connectivity index (χ3n) is 2.63. The molecule has 0 aliphatic heterocycles. The molecule has 0 aliphatic rings. The number of halogens is 2. The molecule has 0 unspecified atom stereocenters. The molecule has 0 aliphatic carbocycles. The van der Waals surface area contributed by atoms with Crippen LogP contribution in [0.3, 0.4) is 0 Å². The van der Waals surface area contributed by atoms with E-state index in [2.05, 4.69) is 0 Å². The lowest BCUT2D eigenvalue weighted by Crippen LogP contribution is -2.48. The second-order valence-corrected chi connectivity index (χ2v) is 4.44. The molecule has 0 saturated carbocycles. The van der Waals surface area contributed by atoms with Gasteiger partial charge in [0.05, 0.1) is 11.1 Å². The summed E-state index contributed by atoms with van der Waals surface area (Å²) in [5, 5.41) is 0.408. The first-order valence-electron chi connectivity index (χ1n) is 4.97. The lowest BCUT2D eigenvalue weighted by atomic mass is 9.91. The van der Waals surface area contributed by atoms with Crippen molar-refractivity contribution in [3.05, 3.63) is 36.1 Å². The Labute approximate surface area is 92.0 Å². The second kappa shape index (κ2) is 3.28. The molecule has 0 saturated heterocycles. The Kier molecular flexibility index (Phi) is 2.27. The second-order valence-electron chi connectivity index (χ2n) is 4.44. The molecule has 2 nitrogen and oxygen atoms in total. The first-order chi connectivity index (χ1) is 7.34. The van der Waals surface area contributed by atoms with Crippen molar-refractivity contribution in [1.82, 2.24) is 0 Å². The lowest BCUT2D eigenvalue weighted by Gasteiger charge is -2.29. The van der Waals surface area contributed by atoms with Gasteiger partial charge in [0, 0.05) is 5.39 Å². The normalized spacial score (nSPS) is 13.3. The van der Waals surface area contributed by atoms with Crippen LogP contribution in [0, 0.1) is 0 Å². The highest BCUT2D eigenvalue weighted by atomic mass is 19.3. The van der Waals surface area contributed by atoms with Crippen molar-refractivity contribution in [3.8, 4) is 0 Å². The Hall–Kier alpha value is -1.42. The number of para-hydroxylation sites is 1. The maximum atomic E-state index is 14.0. The number of alkyl halides is 2. The molecular formula is C12H13F2NO. The first-order valence-corrected chi connectivity index (χ1v) is 4.97. The molecule has 4 heteroatoms. The standard InChI is InChI=1S/C12H13F2NO/c1-11(2,15)12(13,14)9-7-16-10-6-4-3-5-8(9)10/h3-7H,15H2,1-2H3. The SMILES string of the molecule is CC(C)(N)C(F)(F)c1coc2ccccc12. The van der Waals surface area contributed by atoms with Crippen molar-refractivity contribution in [2.75, 3.05) is 0 Å². The van der Waals surface area contributed by atoms with Crippen LogP contribution < -0.4 is 5.73 Å². The smallest absolute Gasteiger partial charge is 0.293 e. The fraction of sp³-hybridized carbons (Fsp3) is 0.333. The summed E-state index contributed by atoms with van der Waals surface area (Å²) in [7, 11) is 0. The highest BCUT2D eigenvalue weighted by Crippen LogP contribution is 2.41. The molecule has 0 bridgehead atoms. The van der Waals surface area contributed by atoms with Gasteiger partial charge in [-0.05, 0) is 19.9 Å². The molecule has 2 N–H and O–H groups in total. The van der Waals surface area contributed by atoms with Gasteiger partial charge in [-0.15, -0.1) is 0 Å². The summed E-state index contributed by atoms with van der Waals surface area (Å²) in [5.41, 5.74) is 4.17. The summed E-state index contributed by atoms with van der Waals surface area (Å²) in [6.07, 6.45) is 1.08. The third-order valence-corrected chi connectivity index (χ3v) is 2.63. The Balaban J connectivity index is 2.64. The van der Waals surface area contributed by atoms with Crippen LogP contribution in [0.5, 0.6) is 0 Å². The van der Waals surface area contributed by atoms with Gasteiger partial charge in [-0.3, -0.25) is 0 Å². The van der Waals surface area contributed by atoms with Gasteiger partial charge < -0.3 is 10.2 Å². The molecule has 2 aromatic rings. The highest BCUT2D eigenvalue weighted by molar-refractivity contribution is 5.81. The zero-order valence-corrected chi connectivity index (χ0v) is 9.13. The van der Waals surface area contributed by atoms with Gasteiger partial charge in [0.1, 0.15) is 11.8 Å². The number of hydrogen-bond donors (Lipinski definition) is 1. The van der Waals surface area contributed by atoms with Crippen molar-refractivity contribution >= 4 is 11.0 Å². The molecule has 0 atom stereocenters. The maximum absolute atomic E-state index is 14.0. The largest absolute Gasteiger partial charge is 0.464 e. The summed E-state index contributed by atoms with van der Waals surface area (Å²) >= 11 is 0. The van der Waals surface area contributed by atoms with Crippen molar-refractivity contribution in [1.29, 1.82) is 0 Å². The van der Waals surface area contributed by atoms with E-state index in [1.807, 2.05) is 0 Å². The molecule has 1 aromatic heterocycles. The lowest BCUT2D eigenvalue weighted by molar-refractivity contribution is -0.0665. The fourth-order valence-electron chi connectivity index (χ4n) is 1.57. The molecule has 0 fully saturated rings. The van der Waals surface area contributed by atoms with Gasteiger partial charge in [0.2, 0.25) is 0 Å². The van der Waals surface area contributed by atoms with Crippen LogP contribution >= 0.6 is 0 Å². The number of hydrogen-bond acceptors (Lipinski definition) is 2. The van der Waals surface area contributed by atoms with E-state index in [1.165, 1.54) is 13.8 Å². The maximum Gasteiger partial charge on any atom is 0.293 e. The summed E-state index contributed by atoms with van der Waals surface area (Å²) in [4.78, 5) is 0. The van der Waals surface area contributed by atoms with Crippen LogP contribution in [0.4, 0.5) is 8.78 Å². The van der Waals surface area contributed by atoms with E-state index in [9.17, 15) is 8.78 Å². The minimum absolute atomic E-state index is 0.157. The number of nitrogens with two attached hydrogens (primary N) is 1. The molecule has 1 heterocycles. The van der Waals surface area contributed by atoms with Gasteiger partial charge in [0.25, 0.3) is 5.92 Å². The van der Waals surface area contributed by atoms with E-state index in [0.717, 1.165) is 6.26 Å². The summed E-state index contributed by atoms with van der Waals surface area (Å²) in [6, 6.07) is 6.69. The van der Waals surface area contributed by atoms with Crippen molar-refractivity contribution in [2.24, 2.45) is 5.73 Å². The van der Waals surface area contributed by atoms with Crippen LogP contribution in [0.25, 0.3) is 11.0 Å². The molecule has 1 aromatic carbocycles. The van der Waals surface area contributed by atoms with E-state index in [0.29, 0.717) is 11.0 Å². The van der Waals surface area contributed by atoms with E-state index < -0.39 is 11.5 Å². The van der Waals surface area contributed by atoms with Crippen LogP contribution in [-0.4, -0.2) is 5.54 Å². The number of rotatable bonds is 2. The average Bonchev–Trinajstić information content (AvgIpc) is 2.59. The van der Waals surface area contributed by atoms with Crippen molar-refractivity contribution in [3.63, 3.8) is 0 Å². The Morgan fingerprint density at radius 2 is 1.81 bits per heavy atom. The molecule has 16 heavy (non-hydrogen) atoms.